The van der Waals surface area contributed by atoms with Crippen LogP contribution in [0, 0.1) is 23.7 Å². The van der Waals surface area contributed by atoms with Crippen LogP contribution in [0.4, 0.5) is 5.69 Å². The van der Waals surface area contributed by atoms with Gasteiger partial charge in [-0.15, -0.1) is 0 Å². The van der Waals surface area contributed by atoms with Gasteiger partial charge in [-0.1, -0.05) is 25.1 Å². The van der Waals surface area contributed by atoms with E-state index >= 15 is 0 Å². The Kier molecular flexibility index (Phi) is 5.39. The molecule has 1 heterocycles. The van der Waals surface area contributed by atoms with Crippen molar-refractivity contribution >= 4 is 28.5 Å². The van der Waals surface area contributed by atoms with Crippen LogP contribution in [0.25, 0.3) is 22.4 Å². The zero-order chi connectivity index (χ0) is 25.9. The quantitative estimate of drug-likeness (QED) is 0.293. The molecule has 4 aromatic rings. The number of fused-ring (bicyclic) bond motifs is 2. The Balaban J connectivity index is 1.07. The molecular weight excluding hydrogens is 472 g/mol. The average molecular weight is 505 g/mol. The number of carbonyl (C=O) groups is 2. The predicted molar refractivity (Wildman–Crippen MR) is 149 cm³/mol. The molecule has 3 fully saturated rings. The lowest BCUT2D eigenvalue weighted by Gasteiger charge is -2.42. The first-order valence-corrected chi connectivity index (χ1v) is 13.7. The molecule has 7 rings (SSSR count). The summed E-state index contributed by atoms with van der Waals surface area (Å²) in [5, 5.41) is 6.42. The van der Waals surface area contributed by atoms with Gasteiger partial charge < -0.3 is 15.6 Å². The highest BCUT2D eigenvalue weighted by atomic mass is 16.2. The molecule has 3 aliphatic rings. The van der Waals surface area contributed by atoms with Gasteiger partial charge in [0.05, 0.1) is 11.0 Å². The van der Waals surface area contributed by atoms with Gasteiger partial charge in [-0.3, -0.25) is 9.59 Å². The van der Waals surface area contributed by atoms with Crippen molar-refractivity contribution in [1.82, 2.24) is 15.3 Å². The van der Waals surface area contributed by atoms with Crippen LogP contribution in [0.1, 0.15) is 59.7 Å². The van der Waals surface area contributed by atoms with Crippen LogP contribution in [0.3, 0.4) is 0 Å². The average Bonchev–Trinajstić information content (AvgIpc) is 3.43. The van der Waals surface area contributed by atoms with Gasteiger partial charge in [-0.25, -0.2) is 4.98 Å². The third-order valence-corrected chi connectivity index (χ3v) is 9.12. The highest BCUT2D eigenvalue weighted by Gasteiger charge is 2.57. The van der Waals surface area contributed by atoms with Crippen LogP contribution in [0.5, 0.6) is 0 Å². The molecule has 0 radical (unpaired) electrons. The van der Waals surface area contributed by atoms with Crippen LogP contribution in [-0.4, -0.2) is 27.3 Å². The first-order chi connectivity index (χ1) is 18.4. The van der Waals surface area contributed by atoms with Gasteiger partial charge >= 0.3 is 0 Å². The molecule has 3 N–H and O–H groups in total. The van der Waals surface area contributed by atoms with Crippen molar-refractivity contribution in [1.29, 1.82) is 0 Å². The van der Waals surface area contributed by atoms with Crippen molar-refractivity contribution in [3.63, 3.8) is 0 Å². The van der Waals surface area contributed by atoms with Crippen molar-refractivity contribution in [3.8, 4) is 11.4 Å². The van der Waals surface area contributed by atoms with Crippen molar-refractivity contribution in [2.24, 2.45) is 23.7 Å². The molecule has 3 aromatic carbocycles. The third-order valence-electron chi connectivity index (χ3n) is 9.12. The maximum atomic E-state index is 13.4. The fourth-order valence-corrected chi connectivity index (χ4v) is 7.49. The molecule has 3 aliphatic carbocycles. The Morgan fingerprint density at radius 2 is 1.68 bits per heavy atom. The second-order valence-corrected chi connectivity index (χ2v) is 11.8. The highest BCUT2D eigenvalue weighted by molar-refractivity contribution is 6.04. The van der Waals surface area contributed by atoms with E-state index in [0.29, 0.717) is 17.0 Å². The van der Waals surface area contributed by atoms with E-state index in [-0.39, 0.29) is 17.4 Å². The monoisotopic (exact) mass is 504 g/mol. The highest BCUT2D eigenvalue weighted by Crippen LogP contribution is 2.60. The van der Waals surface area contributed by atoms with Gasteiger partial charge in [0.1, 0.15) is 5.82 Å². The van der Waals surface area contributed by atoms with Crippen LogP contribution >= 0.6 is 0 Å². The molecule has 6 heteroatoms. The van der Waals surface area contributed by atoms with E-state index in [9.17, 15) is 9.59 Å². The summed E-state index contributed by atoms with van der Waals surface area (Å²) in [5.74, 6) is 3.78. The van der Waals surface area contributed by atoms with Gasteiger partial charge in [-0.05, 0) is 110 Å². The zero-order valence-electron chi connectivity index (χ0n) is 21.5. The summed E-state index contributed by atoms with van der Waals surface area (Å²) < 4.78 is 0. The molecule has 6 nitrogen and oxygen atoms in total. The molecule has 3 saturated carbocycles. The molecule has 2 unspecified atom stereocenters. The number of H-pyrrole nitrogens is 1. The Bertz CT molecular complexity index is 1520. The maximum Gasteiger partial charge on any atom is 0.255 e. The van der Waals surface area contributed by atoms with Crippen LogP contribution in [0.2, 0.25) is 0 Å². The molecule has 0 aliphatic heterocycles. The number of hydrogen-bond acceptors (Lipinski definition) is 3. The number of hydrogen-bond donors (Lipinski definition) is 3. The van der Waals surface area contributed by atoms with Crippen molar-refractivity contribution in [3.05, 3.63) is 83.9 Å². The Morgan fingerprint density at radius 3 is 2.50 bits per heavy atom. The number of nitrogens with zero attached hydrogens (tertiary/aromatic N) is 1. The Morgan fingerprint density at radius 1 is 0.868 bits per heavy atom. The lowest BCUT2D eigenvalue weighted by atomic mass is 9.63. The summed E-state index contributed by atoms with van der Waals surface area (Å²) in [6, 6.07) is 22.5. The van der Waals surface area contributed by atoms with Crippen molar-refractivity contribution in [2.75, 3.05) is 5.32 Å². The number of rotatable bonds is 5. The smallest absolute Gasteiger partial charge is 0.255 e. The molecule has 0 saturated heterocycles. The molecule has 5 atom stereocenters. The number of carbonyl (C=O) groups excluding carboxylic acids is 2. The Labute approximate surface area is 222 Å². The lowest BCUT2D eigenvalue weighted by molar-refractivity contribution is 0.0742. The van der Waals surface area contributed by atoms with Crippen molar-refractivity contribution < 1.29 is 9.59 Å². The minimum Gasteiger partial charge on any atom is -0.347 e. The van der Waals surface area contributed by atoms with Gasteiger partial charge in [-0.2, -0.15) is 0 Å². The van der Waals surface area contributed by atoms with E-state index in [0.717, 1.165) is 65.1 Å². The largest absolute Gasteiger partial charge is 0.347 e. The molecule has 2 bridgehead atoms. The van der Waals surface area contributed by atoms with E-state index in [4.69, 9.17) is 4.98 Å². The summed E-state index contributed by atoms with van der Waals surface area (Å²) in [6.45, 7) is 2.35. The number of benzene rings is 3. The first kappa shape index (κ1) is 23.2. The normalized spacial score (nSPS) is 27.4. The predicted octanol–water partition coefficient (Wildman–Crippen LogP) is 6.43. The number of aromatic nitrogens is 2. The van der Waals surface area contributed by atoms with Crippen LogP contribution < -0.4 is 10.6 Å². The topological polar surface area (TPSA) is 86.9 Å². The lowest BCUT2D eigenvalue weighted by Crippen LogP contribution is -2.47. The number of imidazole rings is 1. The minimum absolute atomic E-state index is 0.0218. The van der Waals surface area contributed by atoms with E-state index in [1.807, 2.05) is 60.7 Å². The summed E-state index contributed by atoms with van der Waals surface area (Å²) in [6.07, 6.45) is 6.07. The number of nitrogens with one attached hydrogen (secondary N) is 3. The van der Waals surface area contributed by atoms with Crippen LogP contribution in [0.15, 0.2) is 72.8 Å². The van der Waals surface area contributed by atoms with Gasteiger partial charge in [0.25, 0.3) is 11.8 Å². The summed E-state index contributed by atoms with van der Waals surface area (Å²) in [7, 11) is 0. The van der Waals surface area contributed by atoms with Gasteiger partial charge in [0, 0.05) is 27.9 Å². The molecule has 192 valence electrons. The summed E-state index contributed by atoms with van der Waals surface area (Å²) >= 11 is 0. The SMILES string of the molecule is C[C@@H]1C[C@@H]2C[C@H]3CC(NC(=O)c4ccc5nc(-c6ccc(NC(=O)c7ccccc7)cc6)[nH]c5c4)(CC23)C1. The number of aromatic amines is 1. The second kappa shape index (κ2) is 8.83. The number of amides is 2. The Hall–Kier alpha value is -3.93. The fraction of sp³-hybridized carbons (Fsp3) is 0.344. The fourth-order valence-electron chi connectivity index (χ4n) is 7.49. The van der Waals surface area contributed by atoms with E-state index in [1.165, 1.54) is 12.8 Å². The molecule has 2 amide bonds. The zero-order valence-corrected chi connectivity index (χ0v) is 21.5. The van der Waals surface area contributed by atoms with E-state index < -0.39 is 0 Å². The van der Waals surface area contributed by atoms with Crippen LogP contribution in [-0.2, 0) is 0 Å². The molecule has 1 aromatic heterocycles. The maximum absolute atomic E-state index is 13.4. The van der Waals surface area contributed by atoms with Gasteiger partial charge in [0.2, 0.25) is 0 Å². The molecule has 38 heavy (non-hydrogen) atoms. The minimum atomic E-state index is -0.143. The summed E-state index contributed by atoms with van der Waals surface area (Å²) in [5.41, 5.74) is 4.54. The third kappa shape index (κ3) is 4.08. The number of anilines is 1. The van der Waals surface area contributed by atoms with Gasteiger partial charge in [0.15, 0.2) is 0 Å². The van der Waals surface area contributed by atoms with E-state index in [2.05, 4.69) is 22.5 Å². The standard InChI is InChI=1S/C32H32N4O2/c1-19-13-23-14-24-17-32(16-19,18-26(23)24)36-31(38)22-9-12-27-28(15-22)35-29(34-27)20-7-10-25(11-8-20)33-30(37)21-5-3-2-4-6-21/h2-12,15,19,23-24,26H,13-14,16-18H2,1H3,(H,33,37)(H,34,35)(H,36,38)/t19-,23-,24+,26?,32?/m1/s1. The summed E-state index contributed by atoms with van der Waals surface area (Å²) in [4.78, 5) is 34.0. The molecule has 0 spiro atoms. The molecular formula is C32H32N4O2. The second-order valence-electron chi connectivity index (χ2n) is 11.8. The first-order valence-electron chi connectivity index (χ1n) is 13.7. The van der Waals surface area contributed by atoms with E-state index in [1.54, 1.807) is 12.1 Å². The van der Waals surface area contributed by atoms with Crippen molar-refractivity contribution in [2.45, 2.75) is 44.6 Å².